The lowest BCUT2D eigenvalue weighted by Gasteiger charge is -2.37. The number of primary amides is 1. The first-order valence-corrected chi connectivity index (χ1v) is 12.4. The molecule has 8 nitrogen and oxygen atoms in total. The van der Waals surface area contributed by atoms with Gasteiger partial charge in [0.2, 0.25) is 0 Å². The monoisotopic (exact) mass is 476 g/mol. The third-order valence-electron chi connectivity index (χ3n) is 7.43. The number of carbonyl (C=O) groups is 2. The third kappa shape index (κ3) is 4.45. The number of ether oxygens (including phenoxy) is 2. The molecule has 1 saturated heterocycles. The van der Waals surface area contributed by atoms with Gasteiger partial charge in [-0.2, -0.15) is 0 Å². The average molecular weight is 477 g/mol. The third-order valence-corrected chi connectivity index (χ3v) is 7.43. The molecule has 0 atom stereocenters. The Hall–Kier alpha value is -3.55. The van der Waals surface area contributed by atoms with E-state index >= 15 is 0 Å². The van der Waals surface area contributed by atoms with Crippen molar-refractivity contribution in [3.63, 3.8) is 0 Å². The Kier molecular flexibility index (Phi) is 6.36. The van der Waals surface area contributed by atoms with Crippen LogP contribution in [0.1, 0.15) is 56.7 Å². The molecule has 2 aliphatic rings. The summed E-state index contributed by atoms with van der Waals surface area (Å²) in [6, 6.07) is 14.0. The summed E-state index contributed by atoms with van der Waals surface area (Å²) in [4.78, 5) is 31.8. The fourth-order valence-electron chi connectivity index (χ4n) is 5.41. The van der Waals surface area contributed by atoms with Gasteiger partial charge in [-0.1, -0.05) is 24.6 Å². The molecule has 3 aromatic rings. The summed E-state index contributed by atoms with van der Waals surface area (Å²) >= 11 is 0. The Labute approximate surface area is 205 Å². The molecule has 0 unspecified atom stereocenters. The predicted molar refractivity (Wildman–Crippen MR) is 132 cm³/mol. The molecule has 2 fully saturated rings. The van der Waals surface area contributed by atoms with E-state index in [0.29, 0.717) is 25.9 Å². The van der Waals surface area contributed by atoms with E-state index < -0.39 is 17.6 Å². The first kappa shape index (κ1) is 23.2. The molecule has 1 aliphatic heterocycles. The zero-order valence-corrected chi connectivity index (χ0v) is 20.1. The van der Waals surface area contributed by atoms with Crippen molar-refractivity contribution < 1.29 is 19.1 Å². The van der Waals surface area contributed by atoms with Crippen LogP contribution in [0.15, 0.2) is 48.7 Å². The molecule has 3 heterocycles. The summed E-state index contributed by atoms with van der Waals surface area (Å²) in [7, 11) is 1.66. The van der Waals surface area contributed by atoms with Crippen molar-refractivity contribution in [3.05, 3.63) is 54.5 Å². The standard InChI is InChI=1S/C27H32N4O4/c1-34-21-9-7-8-20(18-21)23-22-10-3-6-15-31(22)24(29-23)19-11-16-30(17-12-19)26(33)35-27(25(28)32)13-4-2-5-14-27/h3,6-10,15,18-19H,2,4-5,11-14,16-17H2,1H3,(H2,28,32). The van der Waals surface area contributed by atoms with Gasteiger partial charge in [0.15, 0.2) is 5.60 Å². The molecule has 2 amide bonds. The van der Waals surface area contributed by atoms with Crippen molar-refractivity contribution >= 4 is 17.5 Å². The van der Waals surface area contributed by atoms with Crippen LogP contribution in [-0.4, -0.2) is 52.1 Å². The zero-order valence-electron chi connectivity index (χ0n) is 20.1. The Morgan fingerprint density at radius 3 is 2.54 bits per heavy atom. The van der Waals surface area contributed by atoms with Crippen LogP contribution >= 0.6 is 0 Å². The summed E-state index contributed by atoms with van der Waals surface area (Å²) in [5.74, 6) is 1.45. The van der Waals surface area contributed by atoms with Gasteiger partial charge >= 0.3 is 6.09 Å². The van der Waals surface area contributed by atoms with Crippen LogP contribution in [0.25, 0.3) is 16.8 Å². The number of pyridine rings is 1. The Balaban J connectivity index is 1.33. The molecule has 2 N–H and O–H groups in total. The van der Waals surface area contributed by atoms with Crippen LogP contribution in [0.4, 0.5) is 4.79 Å². The number of hydrogen-bond donors (Lipinski definition) is 1. The Morgan fingerprint density at radius 2 is 1.83 bits per heavy atom. The molecule has 0 bridgehead atoms. The minimum Gasteiger partial charge on any atom is -0.497 e. The lowest BCUT2D eigenvalue weighted by Crippen LogP contribution is -2.52. The molecule has 1 saturated carbocycles. The minimum absolute atomic E-state index is 0.202. The Bertz CT molecular complexity index is 1220. The zero-order chi connectivity index (χ0) is 24.4. The van der Waals surface area contributed by atoms with E-state index in [0.717, 1.165) is 60.5 Å². The summed E-state index contributed by atoms with van der Waals surface area (Å²) < 4.78 is 13.3. The number of hydrogen-bond acceptors (Lipinski definition) is 5. The molecule has 1 aliphatic carbocycles. The topological polar surface area (TPSA) is 99.2 Å². The van der Waals surface area contributed by atoms with Gasteiger partial charge in [-0.15, -0.1) is 0 Å². The second-order valence-electron chi connectivity index (χ2n) is 9.55. The summed E-state index contributed by atoms with van der Waals surface area (Å²) in [5, 5.41) is 0. The van der Waals surface area contributed by atoms with Crippen molar-refractivity contribution in [2.75, 3.05) is 20.2 Å². The number of carbonyl (C=O) groups excluding carboxylic acids is 2. The van der Waals surface area contributed by atoms with Crippen LogP contribution in [0.3, 0.4) is 0 Å². The van der Waals surface area contributed by atoms with E-state index in [-0.39, 0.29) is 5.92 Å². The van der Waals surface area contributed by atoms with Gasteiger partial charge in [-0.05, 0) is 62.8 Å². The highest BCUT2D eigenvalue weighted by atomic mass is 16.6. The van der Waals surface area contributed by atoms with E-state index in [1.807, 2.05) is 42.6 Å². The van der Waals surface area contributed by atoms with Crippen molar-refractivity contribution in [2.45, 2.75) is 56.5 Å². The highest BCUT2D eigenvalue weighted by Gasteiger charge is 2.43. The van der Waals surface area contributed by atoms with Gasteiger partial charge in [0.1, 0.15) is 11.6 Å². The second-order valence-corrected chi connectivity index (χ2v) is 9.55. The van der Waals surface area contributed by atoms with Gasteiger partial charge in [0.05, 0.1) is 18.3 Å². The molecular formula is C27H32N4O4. The molecule has 0 radical (unpaired) electrons. The van der Waals surface area contributed by atoms with Crippen LogP contribution in [0.2, 0.25) is 0 Å². The maximum atomic E-state index is 12.9. The number of rotatable bonds is 5. The molecule has 0 spiro atoms. The van der Waals surface area contributed by atoms with Crippen molar-refractivity contribution in [3.8, 4) is 17.0 Å². The smallest absolute Gasteiger partial charge is 0.410 e. The second kappa shape index (κ2) is 9.60. The number of methoxy groups -OCH3 is 1. The normalized spacial score (nSPS) is 18.4. The van der Waals surface area contributed by atoms with E-state index in [2.05, 4.69) is 10.5 Å². The first-order valence-electron chi connectivity index (χ1n) is 12.4. The van der Waals surface area contributed by atoms with Gasteiger partial charge in [0, 0.05) is 30.8 Å². The Morgan fingerprint density at radius 1 is 1.06 bits per heavy atom. The maximum absolute atomic E-state index is 12.9. The highest BCUT2D eigenvalue weighted by molar-refractivity contribution is 5.86. The van der Waals surface area contributed by atoms with Gasteiger partial charge in [-0.25, -0.2) is 9.78 Å². The lowest BCUT2D eigenvalue weighted by molar-refractivity contribution is -0.141. The lowest BCUT2D eigenvalue weighted by atomic mass is 9.84. The number of fused-ring (bicyclic) bond motifs is 1. The van der Waals surface area contributed by atoms with Crippen molar-refractivity contribution in [2.24, 2.45) is 5.73 Å². The number of aromatic nitrogens is 2. The number of nitrogens with two attached hydrogens (primary N) is 1. The van der Waals surface area contributed by atoms with Gasteiger partial charge in [0.25, 0.3) is 5.91 Å². The van der Waals surface area contributed by atoms with E-state index in [4.69, 9.17) is 20.2 Å². The van der Waals surface area contributed by atoms with Crippen LogP contribution < -0.4 is 10.5 Å². The van der Waals surface area contributed by atoms with Crippen molar-refractivity contribution in [1.29, 1.82) is 0 Å². The van der Waals surface area contributed by atoms with Crippen LogP contribution in [0, 0.1) is 0 Å². The number of amides is 2. The summed E-state index contributed by atoms with van der Waals surface area (Å²) in [5.41, 5.74) is 7.45. The van der Waals surface area contributed by atoms with Gasteiger partial charge in [-0.3, -0.25) is 4.79 Å². The number of benzene rings is 1. The fraction of sp³-hybridized carbons (Fsp3) is 0.444. The number of piperidine rings is 1. The fourth-order valence-corrected chi connectivity index (χ4v) is 5.41. The van der Waals surface area contributed by atoms with Gasteiger partial charge < -0.3 is 24.5 Å². The molecule has 35 heavy (non-hydrogen) atoms. The number of likely N-dealkylation sites (tertiary alicyclic amines) is 1. The minimum atomic E-state index is -1.16. The number of nitrogens with zero attached hydrogens (tertiary/aromatic N) is 3. The SMILES string of the molecule is COc1cccc(-c2nc(C3CCN(C(=O)OC4(C(N)=O)CCCCC4)CC3)n3ccccc23)c1. The molecule has 5 rings (SSSR count). The summed E-state index contributed by atoms with van der Waals surface area (Å²) in [6.45, 7) is 1.10. The molecular weight excluding hydrogens is 444 g/mol. The van der Waals surface area contributed by atoms with Crippen LogP contribution in [0.5, 0.6) is 5.75 Å². The molecule has 1 aromatic carbocycles. The molecule has 8 heteroatoms. The molecule has 184 valence electrons. The van der Waals surface area contributed by atoms with E-state index in [1.54, 1.807) is 12.0 Å². The van der Waals surface area contributed by atoms with Crippen molar-refractivity contribution in [1.82, 2.24) is 14.3 Å². The van der Waals surface area contributed by atoms with E-state index in [1.165, 1.54) is 0 Å². The number of imidazole rings is 1. The highest BCUT2D eigenvalue weighted by Crippen LogP contribution is 2.35. The largest absolute Gasteiger partial charge is 0.497 e. The van der Waals surface area contributed by atoms with Crippen LogP contribution in [-0.2, 0) is 9.53 Å². The molecule has 2 aromatic heterocycles. The first-order chi connectivity index (χ1) is 17.0. The maximum Gasteiger partial charge on any atom is 0.410 e. The predicted octanol–water partition coefficient (Wildman–Crippen LogP) is 4.51. The summed E-state index contributed by atoms with van der Waals surface area (Å²) in [6.07, 6.45) is 6.90. The quantitative estimate of drug-likeness (QED) is 0.584. The van der Waals surface area contributed by atoms with E-state index in [9.17, 15) is 9.59 Å². The average Bonchev–Trinajstić information content (AvgIpc) is 3.29.